The Labute approximate surface area is 73.2 Å². The van der Waals surface area contributed by atoms with Crippen molar-refractivity contribution in [3.8, 4) is 0 Å². The molecule has 1 aromatic carbocycles. The third-order valence-electron chi connectivity index (χ3n) is 2.14. The number of rotatable bonds is 1. The van der Waals surface area contributed by atoms with Crippen molar-refractivity contribution in [2.24, 2.45) is 0 Å². The quantitative estimate of drug-likeness (QED) is 0.584. The molecule has 0 spiro atoms. The molecule has 0 amide bonds. The molecule has 0 bridgehead atoms. The van der Waals surface area contributed by atoms with Gasteiger partial charge in [-0.2, -0.15) is 0 Å². The van der Waals surface area contributed by atoms with Gasteiger partial charge in [0.2, 0.25) is 0 Å². The van der Waals surface area contributed by atoms with Gasteiger partial charge in [0.1, 0.15) is 0 Å². The third-order valence-corrected chi connectivity index (χ3v) is 2.14. The van der Waals surface area contributed by atoms with E-state index in [2.05, 4.69) is 48.6 Å². The first kappa shape index (κ1) is 7.35. The topological polar surface area (TPSA) is 0 Å². The first-order valence-corrected chi connectivity index (χ1v) is 4.26. The van der Waals surface area contributed by atoms with Crippen LogP contribution in [0.4, 0.5) is 0 Å². The van der Waals surface area contributed by atoms with Crippen LogP contribution in [0.25, 0.3) is 0 Å². The van der Waals surface area contributed by atoms with Crippen LogP contribution in [-0.4, -0.2) is 0 Å². The largest absolute Gasteiger partial charge is 0.0761 e. The molecule has 1 unspecified atom stereocenters. The smallest absolute Gasteiger partial charge is 0.00561 e. The molecule has 0 heterocycles. The van der Waals surface area contributed by atoms with E-state index in [1.807, 2.05) is 6.08 Å². The van der Waals surface area contributed by atoms with Crippen LogP contribution in [0.5, 0.6) is 0 Å². The van der Waals surface area contributed by atoms with Gasteiger partial charge in [0.25, 0.3) is 0 Å². The Balaban J connectivity index is 2.21. The van der Waals surface area contributed by atoms with Crippen LogP contribution in [0.3, 0.4) is 0 Å². The molecule has 1 aliphatic rings. The first-order valence-electron chi connectivity index (χ1n) is 4.26. The second-order valence-electron chi connectivity index (χ2n) is 2.98. The van der Waals surface area contributed by atoms with Crippen LogP contribution in [0.15, 0.2) is 48.6 Å². The summed E-state index contributed by atoms with van der Waals surface area (Å²) in [5, 5.41) is 0. The van der Waals surface area contributed by atoms with Crippen LogP contribution in [0.1, 0.15) is 17.9 Å². The molecule has 1 aromatic rings. The molecule has 0 fully saturated rings. The molecule has 0 nitrogen and oxygen atoms in total. The Morgan fingerprint density at radius 2 is 2.00 bits per heavy atom. The second kappa shape index (κ2) is 3.40. The minimum atomic E-state index is 0.562. The highest BCUT2D eigenvalue weighted by Gasteiger charge is 2.06. The zero-order valence-corrected chi connectivity index (χ0v) is 6.90. The lowest BCUT2D eigenvalue weighted by Crippen LogP contribution is -1.95. The molecule has 0 N–H and O–H groups in total. The lowest BCUT2D eigenvalue weighted by Gasteiger charge is -2.12. The van der Waals surface area contributed by atoms with Crippen molar-refractivity contribution in [1.29, 1.82) is 0 Å². The highest BCUT2D eigenvalue weighted by molar-refractivity contribution is 5.26. The molecule has 1 radical (unpaired) electrons. The van der Waals surface area contributed by atoms with Crippen molar-refractivity contribution in [3.05, 3.63) is 60.2 Å². The van der Waals surface area contributed by atoms with E-state index in [0.29, 0.717) is 5.92 Å². The molecule has 0 aliphatic heterocycles. The van der Waals surface area contributed by atoms with Gasteiger partial charge in [0.05, 0.1) is 0 Å². The Morgan fingerprint density at radius 1 is 1.17 bits per heavy atom. The van der Waals surface area contributed by atoms with E-state index in [9.17, 15) is 0 Å². The van der Waals surface area contributed by atoms with Crippen LogP contribution < -0.4 is 0 Å². The summed E-state index contributed by atoms with van der Waals surface area (Å²) in [6, 6.07) is 10.6. The van der Waals surface area contributed by atoms with Crippen molar-refractivity contribution in [2.45, 2.75) is 12.3 Å². The summed E-state index contributed by atoms with van der Waals surface area (Å²) < 4.78 is 0. The summed E-state index contributed by atoms with van der Waals surface area (Å²) in [5.74, 6) is 0.562. The second-order valence-corrected chi connectivity index (χ2v) is 2.98. The number of allylic oxidation sites excluding steroid dienone is 4. The highest BCUT2D eigenvalue weighted by Crippen LogP contribution is 2.23. The first-order chi connectivity index (χ1) is 5.97. The number of hydrogen-bond donors (Lipinski definition) is 0. The SMILES string of the molecule is [C]1=CCC(c2ccccc2)C=C1. The maximum atomic E-state index is 3.08. The summed E-state index contributed by atoms with van der Waals surface area (Å²) in [6.07, 6.45) is 10.5. The van der Waals surface area contributed by atoms with Crippen LogP contribution >= 0.6 is 0 Å². The fraction of sp³-hybridized carbons (Fsp3) is 0.167. The molecule has 0 aromatic heterocycles. The summed E-state index contributed by atoms with van der Waals surface area (Å²) in [4.78, 5) is 0. The molecule has 0 saturated carbocycles. The maximum absolute atomic E-state index is 3.08. The average molecular weight is 155 g/mol. The zero-order chi connectivity index (χ0) is 8.23. The molecule has 12 heavy (non-hydrogen) atoms. The number of benzene rings is 1. The maximum Gasteiger partial charge on any atom is 0.00561 e. The van der Waals surface area contributed by atoms with Crippen LogP contribution in [-0.2, 0) is 0 Å². The van der Waals surface area contributed by atoms with Gasteiger partial charge in [-0.1, -0.05) is 48.6 Å². The minimum Gasteiger partial charge on any atom is -0.0761 e. The van der Waals surface area contributed by atoms with Gasteiger partial charge >= 0.3 is 0 Å². The predicted octanol–water partition coefficient (Wildman–Crippen LogP) is 3.09. The molecule has 2 rings (SSSR count). The molecular weight excluding hydrogens is 144 g/mol. The average Bonchev–Trinajstić information content (AvgIpc) is 2.21. The van der Waals surface area contributed by atoms with Gasteiger partial charge in [-0.05, 0) is 18.1 Å². The standard InChI is InChI=1S/C12H11/c1-3-7-11(8-4-1)12-9-5-2-6-10-12/h1,3-9,12H,10H2. The van der Waals surface area contributed by atoms with Crippen molar-refractivity contribution in [3.63, 3.8) is 0 Å². The lowest BCUT2D eigenvalue weighted by molar-refractivity contribution is 0.850. The van der Waals surface area contributed by atoms with Gasteiger partial charge < -0.3 is 0 Å². The fourth-order valence-corrected chi connectivity index (χ4v) is 1.46. The van der Waals surface area contributed by atoms with E-state index in [1.165, 1.54) is 5.56 Å². The van der Waals surface area contributed by atoms with Gasteiger partial charge in [-0.3, -0.25) is 0 Å². The molecule has 0 heteroatoms. The predicted molar refractivity (Wildman–Crippen MR) is 50.8 cm³/mol. The van der Waals surface area contributed by atoms with Gasteiger partial charge in [0, 0.05) is 5.92 Å². The van der Waals surface area contributed by atoms with Gasteiger partial charge in [0.15, 0.2) is 0 Å². The van der Waals surface area contributed by atoms with Crippen molar-refractivity contribution in [1.82, 2.24) is 0 Å². The molecule has 0 saturated heterocycles. The summed E-state index contributed by atoms with van der Waals surface area (Å²) >= 11 is 0. The van der Waals surface area contributed by atoms with Gasteiger partial charge in [-0.25, -0.2) is 0 Å². The Bertz CT molecular complexity index is 293. The normalized spacial score (nSPS) is 21.2. The fourth-order valence-electron chi connectivity index (χ4n) is 1.46. The summed E-state index contributed by atoms with van der Waals surface area (Å²) in [6.45, 7) is 0. The zero-order valence-electron chi connectivity index (χ0n) is 6.90. The molecule has 1 aliphatic carbocycles. The molecular formula is C12H11. The minimum absolute atomic E-state index is 0.562. The Kier molecular flexibility index (Phi) is 2.08. The summed E-state index contributed by atoms with van der Waals surface area (Å²) in [7, 11) is 0. The monoisotopic (exact) mass is 155 g/mol. The van der Waals surface area contributed by atoms with Crippen molar-refractivity contribution >= 4 is 0 Å². The summed E-state index contributed by atoms with van der Waals surface area (Å²) in [5.41, 5.74) is 1.39. The van der Waals surface area contributed by atoms with E-state index in [1.54, 1.807) is 0 Å². The lowest BCUT2D eigenvalue weighted by atomic mass is 9.93. The van der Waals surface area contributed by atoms with Crippen molar-refractivity contribution in [2.75, 3.05) is 0 Å². The van der Waals surface area contributed by atoms with E-state index in [0.717, 1.165) is 6.42 Å². The van der Waals surface area contributed by atoms with Gasteiger partial charge in [-0.15, -0.1) is 0 Å². The van der Waals surface area contributed by atoms with E-state index < -0.39 is 0 Å². The third kappa shape index (κ3) is 1.48. The Hall–Kier alpha value is -1.30. The van der Waals surface area contributed by atoms with Crippen molar-refractivity contribution < 1.29 is 0 Å². The molecule has 59 valence electrons. The van der Waals surface area contributed by atoms with E-state index in [-0.39, 0.29) is 0 Å². The Morgan fingerprint density at radius 3 is 2.67 bits per heavy atom. The van der Waals surface area contributed by atoms with E-state index in [4.69, 9.17) is 0 Å². The van der Waals surface area contributed by atoms with Crippen LogP contribution in [0, 0.1) is 6.08 Å². The van der Waals surface area contributed by atoms with Crippen LogP contribution in [0.2, 0.25) is 0 Å². The van der Waals surface area contributed by atoms with E-state index >= 15 is 0 Å². The number of hydrogen-bond acceptors (Lipinski definition) is 0. The highest BCUT2D eigenvalue weighted by atomic mass is 14.1. The molecule has 1 atom stereocenters.